The molecule has 0 amide bonds. The average molecular weight is 537 g/mol. The molecular weight excluding hydrogens is 508 g/mol. The zero-order valence-electron chi connectivity index (χ0n) is 22.5. The van der Waals surface area contributed by atoms with Crippen LogP contribution in [-0.2, 0) is 13.0 Å². The molecule has 6 aromatic rings. The van der Waals surface area contributed by atoms with E-state index in [0.29, 0.717) is 11.2 Å². The molecule has 0 spiro atoms. The van der Waals surface area contributed by atoms with Gasteiger partial charge < -0.3 is 9.88 Å². The summed E-state index contributed by atoms with van der Waals surface area (Å²) in [6.07, 6.45) is 3.07. The number of aromatic nitrogens is 2. The van der Waals surface area contributed by atoms with Crippen molar-refractivity contribution in [2.24, 2.45) is 0 Å². The first-order chi connectivity index (χ1) is 20.1. The van der Waals surface area contributed by atoms with Gasteiger partial charge in [0.25, 0.3) is 5.69 Å². The van der Waals surface area contributed by atoms with Crippen LogP contribution >= 0.6 is 0 Å². The molecule has 0 radical (unpaired) electrons. The normalized spacial score (nSPS) is 12.7. The first kappa shape index (κ1) is 24.8. The number of nitrogens with zero attached hydrogens (tertiary/aromatic N) is 3. The molecule has 6 nitrogen and oxygen atoms in total. The Labute approximate surface area is 238 Å². The van der Waals surface area contributed by atoms with Gasteiger partial charge in [-0.05, 0) is 64.9 Å². The van der Waals surface area contributed by atoms with Gasteiger partial charge in [-0.1, -0.05) is 84.9 Å². The number of benzene rings is 5. The predicted octanol–water partition coefficient (Wildman–Crippen LogP) is 9.03. The lowest BCUT2D eigenvalue weighted by Gasteiger charge is -2.17. The van der Waals surface area contributed by atoms with Crippen LogP contribution in [0, 0.1) is 10.1 Å². The Morgan fingerprint density at radius 3 is 2.10 bits per heavy atom. The summed E-state index contributed by atoms with van der Waals surface area (Å²) in [6.45, 7) is 0.881. The minimum absolute atomic E-state index is 0.0177. The maximum absolute atomic E-state index is 12.2. The fraction of sp³-hybridized carbons (Fsp3) is 0.114. The number of aryl methyl sites for hydroxylation is 2. The van der Waals surface area contributed by atoms with E-state index in [4.69, 9.17) is 4.98 Å². The summed E-state index contributed by atoms with van der Waals surface area (Å²) < 4.78 is 2.20. The summed E-state index contributed by atoms with van der Waals surface area (Å²) in [5, 5.41) is 15.7. The second-order valence-electron chi connectivity index (χ2n) is 10.5. The lowest BCUT2D eigenvalue weighted by molar-refractivity contribution is -0.383. The van der Waals surface area contributed by atoms with Crippen molar-refractivity contribution in [3.05, 3.63) is 131 Å². The molecule has 0 atom stereocenters. The molecule has 41 heavy (non-hydrogen) atoms. The van der Waals surface area contributed by atoms with Crippen molar-refractivity contribution in [2.45, 2.75) is 25.8 Å². The fourth-order valence-corrected chi connectivity index (χ4v) is 5.80. The molecule has 1 N–H and O–H groups in total. The third-order valence-electron chi connectivity index (χ3n) is 7.85. The second-order valence-corrected chi connectivity index (χ2v) is 10.5. The van der Waals surface area contributed by atoms with Crippen molar-refractivity contribution in [3.63, 3.8) is 0 Å². The first-order valence-electron chi connectivity index (χ1n) is 13.9. The minimum Gasteiger partial charge on any atom is -0.349 e. The molecule has 1 aliphatic rings. The highest BCUT2D eigenvalue weighted by molar-refractivity contribution is 5.92. The molecule has 0 saturated carbocycles. The Kier molecular flexibility index (Phi) is 6.28. The van der Waals surface area contributed by atoms with Crippen LogP contribution < -0.4 is 5.32 Å². The second kappa shape index (κ2) is 10.4. The van der Waals surface area contributed by atoms with E-state index in [9.17, 15) is 10.1 Å². The van der Waals surface area contributed by atoms with Gasteiger partial charge in [-0.25, -0.2) is 4.98 Å². The number of nitro benzene ring substituents is 1. The van der Waals surface area contributed by atoms with Crippen molar-refractivity contribution in [1.82, 2.24) is 9.55 Å². The SMILES string of the molecule is O=[N+]([O-])c1cc2nc3n(c2cc1Nc1ccc(-c2ccccc2)cc1-c1cccc(-c2ccccc2)c1)CCCC3. The number of nitrogens with one attached hydrogen (secondary N) is 1. The molecule has 0 saturated heterocycles. The summed E-state index contributed by atoms with van der Waals surface area (Å²) in [6, 6.07) is 38.7. The van der Waals surface area contributed by atoms with Crippen LogP contribution in [0.2, 0.25) is 0 Å². The first-order valence-corrected chi connectivity index (χ1v) is 13.9. The average Bonchev–Trinajstić information content (AvgIpc) is 3.39. The fourth-order valence-electron chi connectivity index (χ4n) is 5.80. The Hall–Kier alpha value is -5.23. The Morgan fingerprint density at radius 2 is 1.37 bits per heavy atom. The van der Waals surface area contributed by atoms with Crippen LogP contribution in [0.4, 0.5) is 17.1 Å². The van der Waals surface area contributed by atoms with E-state index in [-0.39, 0.29) is 10.6 Å². The molecule has 0 bridgehead atoms. The maximum Gasteiger partial charge on any atom is 0.294 e. The maximum atomic E-state index is 12.2. The molecular formula is C35H28N4O2. The number of hydrogen-bond acceptors (Lipinski definition) is 4. The van der Waals surface area contributed by atoms with E-state index >= 15 is 0 Å². The van der Waals surface area contributed by atoms with E-state index in [1.807, 2.05) is 48.5 Å². The Bertz CT molecular complexity index is 1900. The van der Waals surface area contributed by atoms with E-state index in [1.165, 1.54) is 0 Å². The Morgan fingerprint density at radius 1 is 0.683 bits per heavy atom. The number of hydrogen-bond donors (Lipinski definition) is 1. The highest BCUT2D eigenvalue weighted by atomic mass is 16.6. The van der Waals surface area contributed by atoms with E-state index < -0.39 is 0 Å². The predicted molar refractivity (Wildman–Crippen MR) is 165 cm³/mol. The highest BCUT2D eigenvalue weighted by Crippen LogP contribution is 2.39. The smallest absolute Gasteiger partial charge is 0.294 e. The topological polar surface area (TPSA) is 73.0 Å². The monoisotopic (exact) mass is 536 g/mol. The molecule has 1 aliphatic heterocycles. The molecule has 0 aliphatic carbocycles. The number of imidazole rings is 1. The van der Waals surface area contributed by atoms with Gasteiger partial charge in [0.1, 0.15) is 11.5 Å². The molecule has 5 aromatic carbocycles. The van der Waals surface area contributed by atoms with Gasteiger partial charge in [-0.2, -0.15) is 0 Å². The van der Waals surface area contributed by atoms with Gasteiger partial charge in [0.15, 0.2) is 0 Å². The van der Waals surface area contributed by atoms with Crippen molar-refractivity contribution < 1.29 is 4.92 Å². The van der Waals surface area contributed by atoms with Crippen molar-refractivity contribution >= 4 is 28.1 Å². The van der Waals surface area contributed by atoms with Crippen LogP contribution in [-0.4, -0.2) is 14.5 Å². The number of fused-ring (bicyclic) bond motifs is 3. The molecule has 1 aromatic heterocycles. The minimum atomic E-state index is -0.325. The van der Waals surface area contributed by atoms with Crippen LogP contribution in [0.3, 0.4) is 0 Å². The Balaban J connectivity index is 1.38. The lowest BCUT2D eigenvalue weighted by Crippen LogP contribution is -2.10. The summed E-state index contributed by atoms with van der Waals surface area (Å²) in [7, 11) is 0. The van der Waals surface area contributed by atoms with Crippen LogP contribution in [0.25, 0.3) is 44.4 Å². The van der Waals surface area contributed by atoms with Crippen LogP contribution in [0.5, 0.6) is 0 Å². The standard InChI is InChI=1S/C35H28N4O2/c40-39(41)34-23-31-33(38-19-8-7-16-35(38)37-31)22-32(34)36-30-18-17-27(25-12-5-2-6-13-25)21-29(30)28-15-9-14-26(20-28)24-10-3-1-4-11-24/h1-6,9-15,17-18,20-23,36H,7-8,16,19H2. The van der Waals surface area contributed by atoms with Gasteiger partial charge >= 0.3 is 0 Å². The molecule has 0 fully saturated rings. The number of nitro groups is 1. The van der Waals surface area contributed by atoms with Crippen molar-refractivity contribution in [2.75, 3.05) is 5.32 Å². The van der Waals surface area contributed by atoms with Gasteiger partial charge in [0, 0.05) is 30.3 Å². The third kappa shape index (κ3) is 4.74. The van der Waals surface area contributed by atoms with Gasteiger partial charge in [-0.3, -0.25) is 10.1 Å². The van der Waals surface area contributed by atoms with Gasteiger partial charge in [0.05, 0.1) is 16.0 Å². The van der Waals surface area contributed by atoms with Gasteiger partial charge in [0.2, 0.25) is 0 Å². The molecule has 2 heterocycles. The number of rotatable bonds is 6. The van der Waals surface area contributed by atoms with Crippen LogP contribution in [0.1, 0.15) is 18.7 Å². The van der Waals surface area contributed by atoms with Crippen molar-refractivity contribution in [3.8, 4) is 33.4 Å². The summed E-state index contributed by atoms with van der Waals surface area (Å²) in [4.78, 5) is 16.6. The van der Waals surface area contributed by atoms with Crippen LogP contribution in [0.15, 0.2) is 115 Å². The van der Waals surface area contributed by atoms with E-state index in [2.05, 4.69) is 70.5 Å². The molecule has 6 heteroatoms. The zero-order chi connectivity index (χ0) is 27.8. The largest absolute Gasteiger partial charge is 0.349 e. The van der Waals surface area contributed by atoms with Gasteiger partial charge in [-0.15, -0.1) is 0 Å². The lowest BCUT2D eigenvalue weighted by atomic mass is 9.94. The molecule has 7 rings (SSSR count). The van der Waals surface area contributed by atoms with Crippen molar-refractivity contribution in [1.29, 1.82) is 0 Å². The third-order valence-corrected chi connectivity index (χ3v) is 7.85. The summed E-state index contributed by atoms with van der Waals surface area (Å²) >= 11 is 0. The quantitative estimate of drug-likeness (QED) is 0.170. The molecule has 0 unspecified atom stereocenters. The van der Waals surface area contributed by atoms with E-state index in [0.717, 1.165) is 76.2 Å². The summed E-state index contributed by atoms with van der Waals surface area (Å²) in [5.74, 6) is 1.00. The molecule has 200 valence electrons. The summed E-state index contributed by atoms with van der Waals surface area (Å²) in [5.41, 5.74) is 9.31. The zero-order valence-corrected chi connectivity index (χ0v) is 22.5. The van der Waals surface area contributed by atoms with E-state index in [1.54, 1.807) is 6.07 Å². The number of anilines is 2. The highest BCUT2D eigenvalue weighted by Gasteiger charge is 2.22.